The highest BCUT2D eigenvalue weighted by atomic mass is 35.5. The van der Waals surface area contributed by atoms with Gasteiger partial charge >= 0.3 is 6.18 Å². The van der Waals surface area contributed by atoms with E-state index in [1.165, 1.54) is 13.2 Å². The normalized spacial score (nSPS) is 11.8. The first-order valence-corrected chi connectivity index (χ1v) is 5.00. The molecule has 0 fully saturated rings. The third-order valence-corrected chi connectivity index (χ3v) is 2.52. The second-order valence-corrected chi connectivity index (χ2v) is 3.73. The van der Waals surface area contributed by atoms with Gasteiger partial charge < -0.3 is 0 Å². The summed E-state index contributed by atoms with van der Waals surface area (Å²) in [6, 6.07) is 4.90. The quantitative estimate of drug-likeness (QED) is 0.789. The average Bonchev–Trinajstić information content (AvgIpc) is 2.55. The molecule has 2 aromatic rings. The fourth-order valence-electron chi connectivity index (χ4n) is 1.46. The maximum atomic E-state index is 12.6. The van der Waals surface area contributed by atoms with E-state index in [0.717, 1.165) is 4.68 Å². The van der Waals surface area contributed by atoms with Crippen molar-refractivity contribution in [3.63, 3.8) is 0 Å². The molecule has 7 heteroatoms. The lowest BCUT2D eigenvalue weighted by molar-refractivity contribution is -0.141. The van der Waals surface area contributed by atoms with Crippen LogP contribution < -0.4 is 0 Å². The second kappa shape index (κ2) is 4.03. The van der Waals surface area contributed by atoms with Gasteiger partial charge in [0, 0.05) is 13.2 Å². The van der Waals surface area contributed by atoms with Gasteiger partial charge in [0.05, 0.1) is 5.69 Å². The Balaban J connectivity index is 2.61. The van der Waals surface area contributed by atoms with Gasteiger partial charge in [-0.3, -0.25) is 9.67 Å². The minimum atomic E-state index is -4.57. The molecule has 0 aromatic carbocycles. The Bertz CT molecular complexity index is 534. The van der Waals surface area contributed by atoms with E-state index < -0.39 is 16.9 Å². The molecule has 90 valence electrons. The van der Waals surface area contributed by atoms with E-state index in [1.807, 2.05) is 0 Å². The highest BCUT2D eigenvalue weighted by molar-refractivity contribution is 6.33. The summed E-state index contributed by atoms with van der Waals surface area (Å²) in [6.45, 7) is 0. The standard InChI is InChI=1S/C10H7ClF3N3/c1-17-8(6-4-2-3-5-15-6)7(11)9(16-17)10(12,13)14/h2-5H,1H3. The first-order valence-electron chi connectivity index (χ1n) is 4.62. The minimum Gasteiger partial charge on any atom is -0.264 e. The summed E-state index contributed by atoms with van der Waals surface area (Å²) in [4.78, 5) is 3.95. The smallest absolute Gasteiger partial charge is 0.264 e. The lowest BCUT2D eigenvalue weighted by atomic mass is 10.2. The van der Waals surface area contributed by atoms with Crippen molar-refractivity contribution >= 4 is 11.6 Å². The van der Waals surface area contributed by atoms with E-state index in [1.54, 1.807) is 18.2 Å². The van der Waals surface area contributed by atoms with E-state index in [2.05, 4.69) is 10.1 Å². The third kappa shape index (κ3) is 2.12. The molecule has 0 bridgehead atoms. The van der Waals surface area contributed by atoms with E-state index >= 15 is 0 Å². The van der Waals surface area contributed by atoms with Crippen molar-refractivity contribution in [3.8, 4) is 11.4 Å². The van der Waals surface area contributed by atoms with E-state index in [4.69, 9.17) is 11.6 Å². The summed E-state index contributed by atoms with van der Waals surface area (Å²) in [7, 11) is 1.39. The maximum absolute atomic E-state index is 12.6. The summed E-state index contributed by atoms with van der Waals surface area (Å²) in [5.74, 6) is 0. The van der Waals surface area contributed by atoms with Crippen molar-refractivity contribution in [1.29, 1.82) is 0 Å². The van der Waals surface area contributed by atoms with Gasteiger partial charge in [-0.2, -0.15) is 18.3 Å². The van der Waals surface area contributed by atoms with Crippen LogP contribution in [0.15, 0.2) is 24.4 Å². The molecule has 17 heavy (non-hydrogen) atoms. The van der Waals surface area contributed by atoms with Crippen molar-refractivity contribution in [2.24, 2.45) is 7.05 Å². The van der Waals surface area contributed by atoms with Crippen LogP contribution in [0.2, 0.25) is 5.02 Å². The average molecular weight is 262 g/mol. The number of aromatic nitrogens is 3. The van der Waals surface area contributed by atoms with E-state index in [9.17, 15) is 13.2 Å². The fourth-order valence-corrected chi connectivity index (χ4v) is 1.82. The zero-order valence-corrected chi connectivity index (χ0v) is 9.42. The van der Waals surface area contributed by atoms with Crippen LogP contribution in [-0.2, 0) is 13.2 Å². The second-order valence-electron chi connectivity index (χ2n) is 3.35. The fraction of sp³-hybridized carbons (Fsp3) is 0.200. The molecule has 0 saturated carbocycles. The van der Waals surface area contributed by atoms with E-state index in [0.29, 0.717) is 5.69 Å². The van der Waals surface area contributed by atoms with Crippen LogP contribution >= 0.6 is 11.6 Å². The van der Waals surface area contributed by atoms with Crippen molar-refractivity contribution in [2.75, 3.05) is 0 Å². The van der Waals surface area contributed by atoms with Gasteiger partial charge in [-0.25, -0.2) is 0 Å². The van der Waals surface area contributed by atoms with Crippen molar-refractivity contribution in [3.05, 3.63) is 35.1 Å². The number of hydrogen-bond donors (Lipinski definition) is 0. The topological polar surface area (TPSA) is 30.7 Å². The first kappa shape index (κ1) is 11.9. The predicted octanol–water partition coefficient (Wildman–Crippen LogP) is 3.15. The number of hydrogen-bond acceptors (Lipinski definition) is 2. The Labute approximate surface area is 99.8 Å². The molecule has 0 N–H and O–H groups in total. The minimum absolute atomic E-state index is 0.152. The summed E-state index contributed by atoms with van der Waals surface area (Å²) in [6.07, 6.45) is -3.09. The van der Waals surface area contributed by atoms with Crippen LogP contribution in [0.1, 0.15) is 5.69 Å². The van der Waals surface area contributed by atoms with Gasteiger partial charge in [0.2, 0.25) is 0 Å². The Morgan fingerprint density at radius 2 is 2.00 bits per heavy atom. The molecule has 0 spiro atoms. The van der Waals surface area contributed by atoms with Crippen LogP contribution in [0.25, 0.3) is 11.4 Å². The van der Waals surface area contributed by atoms with Gasteiger partial charge in [-0.05, 0) is 12.1 Å². The zero-order chi connectivity index (χ0) is 12.6. The molecule has 0 aliphatic rings. The van der Waals surface area contributed by atoms with Gasteiger partial charge in [0.25, 0.3) is 0 Å². The molecule has 2 rings (SSSR count). The molecule has 0 aliphatic carbocycles. The van der Waals surface area contributed by atoms with Crippen LogP contribution in [0.3, 0.4) is 0 Å². The molecule has 0 amide bonds. The lowest BCUT2D eigenvalue weighted by Crippen LogP contribution is -2.07. The summed E-state index contributed by atoms with van der Waals surface area (Å²) in [5, 5.41) is 2.95. The summed E-state index contributed by atoms with van der Waals surface area (Å²) in [5.41, 5.74) is -0.593. The largest absolute Gasteiger partial charge is 0.436 e. The van der Waals surface area contributed by atoms with Gasteiger partial charge in [0.15, 0.2) is 5.69 Å². The Morgan fingerprint density at radius 3 is 2.47 bits per heavy atom. The molecule has 0 radical (unpaired) electrons. The molecular formula is C10H7ClF3N3. The SMILES string of the molecule is Cn1nc(C(F)(F)F)c(Cl)c1-c1ccccn1. The Morgan fingerprint density at radius 1 is 1.29 bits per heavy atom. The number of aryl methyl sites for hydroxylation is 1. The number of nitrogens with zero attached hydrogens (tertiary/aromatic N) is 3. The van der Waals surface area contributed by atoms with Crippen LogP contribution in [-0.4, -0.2) is 14.8 Å². The predicted molar refractivity (Wildman–Crippen MR) is 56.5 cm³/mol. The zero-order valence-electron chi connectivity index (χ0n) is 8.66. The number of halogens is 4. The summed E-state index contributed by atoms with van der Waals surface area (Å²) >= 11 is 5.71. The lowest BCUT2D eigenvalue weighted by Gasteiger charge is -2.02. The molecular weight excluding hydrogens is 255 g/mol. The maximum Gasteiger partial charge on any atom is 0.436 e. The molecule has 3 nitrogen and oxygen atoms in total. The molecule has 0 unspecified atom stereocenters. The van der Waals surface area contributed by atoms with Gasteiger partial charge in [-0.1, -0.05) is 17.7 Å². The first-order chi connectivity index (χ1) is 7.91. The Kier molecular flexibility index (Phi) is 2.82. The van der Waals surface area contributed by atoms with Crippen LogP contribution in [0.4, 0.5) is 13.2 Å². The molecule has 0 aliphatic heterocycles. The number of alkyl halides is 3. The highest BCUT2D eigenvalue weighted by Gasteiger charge is 2.38. The highest BCUT2D eigenvalue weighted by Crippen LogP contribution is 2.38. The van der Waals surface area contributed by atoms with Crippen LogP contribution in [0, 0.1) is 0 Å². The number of rotatable bonds is 1. The summed E-state index contributed by atoms with van der Waals surface area (Å²) < 4.78 is 38.8. The number of pyridine rings is 1. The molecule has 2 aromatic heterocycles. The van der Waals surface area contributed by atoms with Gasteiger partial charge in [-0.15, -0.1) is 0 Å². The van der Waals surface area contributed by atoms with Crippen molar-refractivity contribution in [2.45, 2.75) is 6.18 Å². The monoisotopic (exact) mass is 261 g/mol. The van der Waals surface area contributed by atoms with Crippen LogP contribution in [0.5, 0.6) is 0 Å². The molecule has 2 heterocycles. The van der Waals surface area contributed by atoms with Crippen molar-refractivity contribution in [1.82, 2.24) is 14.8 Å². The van der Waals surface area contributed by atoms with Gasteiger partial charge in [0.1, 0.15) is 10.7 Å². The molecule has 0 saturated heterocycles. The molecule has 0 atom stereocenters. The van der Waals surface area contributed by atoms with E-state index in [-0.39, 0.29) is 5.69 Å². The third-order valence-electron chi connectivity index (χ3n) is 2.17. The Hall–Kier alpha value is -1.56. The van der Waals surface area contributed by atoms with Crippen molar-refractivity contribution < 1.29 is 13.2 Å².